The van der Waals surface area contributed by atoms with E-state index in [1.165, 1.54) is 17.0 Å². The zero-order chi connectivity index (χ0) is 18.8. The summed E-state index contributed by atoms with van der Waals surface area (Å²) in [5, 5.41) is 0.575. The summed E-state index contributed by atoms with van der Waals surface area (Å²) in [4.78, 5) is 19.1. The number of amides is 1. The van der Waals surface area contributed by atoms with Gasteiger partial charge in [0.15, 0.2) is 0 Å². The van der Waals surface area contributed by atoms with Gasteiger partial charge in [0.2, 0.25) is 0 Å². The number of hydrogen-bond donors (Lipinski definition) is 0. The van der Waals surface area contributed by atoms with Gasteiger partial charge in [-0.15, -0.1) is 0 Å². The van der Waals surface area contributed by atoms with Gasteiger partial charge in [0.05, 0.1) is 5.69 Å². The fourth-order valence-corrected chi connectivity index (χ4v) is 2.99. The van der Waals surface area contributed by atoms with Gasteiger partial charge in [-0.25, -0.2) is 9.38 Å². The number of carbonyl (C=O) groups is 1. The van der Waals surface area contributed by atoms with E-state index in [1.54, 1.807) is 42.5 Å². The third-order valence-corrected chi connectivity index (χ3v) is 4.43. The molecule has 1 heterocycles. The largest absolute Gasteiger partial charge is 0.282 e. The lowest BCUT2D eigenvalue weighted by Gasteiger charge is -2.18. The van der Waals surface area contributed by atoms with E-state index in [0.717, 1.165) is 5.56 Å². The molecule has 0 aliphatic carbocycles. The normalized spacial score (nSPS) is 15.3. The van der Waals surface area contributed by atoms with Crippen LogP contribution in [0.25, 0.3) is 6.08 Å². The molecule has 3 nitrogen and oxygen atoms in total. The highest BCUT2D eigenvalue weighted by Gasteiger charge is 2.32. The Balaban J connectivity index is 1.84. The zero-order valence-electron chi connectivity index (χ0n) is 14.1. The Labute approximate surface area is 161 Å². The third-order valence-electron chi connectivity index (χ3n) is 4.17. The number of amidine groups is 1. The predicted octanol–water partition coefficient (Wildman–Crippen LogP) is 5.31. The molecule has 4 rings (SSSR count). The molecule has 0 bridgehead atoms. The summed E-state index contributed by atoms with van der Waals surface area (Å²) in [6.45, 7) is 0. The van der Waals surface area contributed by atoms with E-state index in [1.807, 2.05) is 30.3 Å². The molecule has 1 amide bonds. The van der Waals surface area contributed by atoms with Gasteiger partial charge in [-0.3, -0.25) is 9.69 Å². The van der Waals surface area contributed by atoms with Crippen LogP contribution in [-0.4, -0.2) is 11.7 Å². The Kier molecular flexibility index (Phi) is 4.57. The first-order valence-corrected chi connectivity index (χ1v) is 8.71. The topological polar surface area (TPSA) is 32.7 Å². The first-order valence-electron chi connectivity index (χ1n) is 8.34. The summed E-state index contributed by atoms with van der Waals surface area (Å²) >= 11 is 5.97. The third kappa shape index (κ3) is 3.39. The summed E-state index contributed by atoms with van der Waals surface area (Å²) in [5.74, 6) is -0.232. The van der Waals surface area contributed by atoms with Crippen LogP contribution in [0.5, 0.6) is 0 Å². The van der Waals surface area contributed by atoms with Gasteiger partial charge in [0.1, 0.15) is 17.3 Å². The Bertz CT molecular complexity index is 1060. The predicted molar refractivity (Wildman–Crippen MR) is 106 cm³/mol. The maximum Gasteiger partial charge on any atom is 0.282 e. The Morgan fingerprint density at radius 1 is 0.889 bits per heavy atom. The van der Waals surface area contributed by atoms with E-state index in [9.17, 15) is 9.18 Å². The summed E-state index contributed by atoms with van der Waals surface area (Å²) in [6.07, 6.45) is 1.47. The molecule has 0 spiro atoms. The minimum Gasteiger partial charge on any atom is -0.266 e. The van der Waals surface area contributed by atoms with Crippen LogP contribution in [0.4, 0.5) is 10.1 Å². The van der Waals surface area contributed by atoms with E-state index in [-0.39, 0.29) is 11.6 Å². The molecular weight excluding hydrogens is 363 g/mol. The van der Waals surface area contributed by atoms with Gasteiger partial charge >= 0.3 is 0 Å². The standard InChI is InChI=1S/C22H14ClFN2O/c23-17-10-12-18(13-11-17)26-21(15-6-2-1-3-7-15)25-20(22(26)27)14-16-8-4-5-9-19(16)24/h1-14H/b20-14+. The van der Waals surface area contributed by atoms with Gasteiger partial charge in [-0.2, -0.15) is 0 Å². The van der Waals surface area contributed by atoms with Crippen molar-refractivity contribution in [3.05, 3.63) is 107 Å². The molecule has 1 aliphatic rings. The SMILES string of the molecule is O=C1/C(=C\c2ccccc2F)N=C(c2ccccc2)N1c1ccc(Cl)cc1. The number of nitrogens with zero attached hydrogens (tertiary/aromatic N) is 2. The molecule has 0 unspecified atom stereocenters. The highest BCUT2D eigenvalue weighted by Crippen LogP contribution is 2.29. The van der Waals surface area contributed by atoms with E-state index < -0.39 is 5.82 Å². The van der Waals surface area contributed by atoms with Gasteiger partial charge in [-0.1, -0.05) is 60.1 Å². The lowest BCUT2D eigenvalue weighted by Crippen LogP contribution is -2.32. The van der Waals surface area contributed by atoms with Crippen molar-refractivity contribution in [3.8, 4) is 0 Å². The zero-order valence-corrected chi connectivity index (χ0v) is 14.9. The van der Waals surface area contributed by atoms with Crippen LogP contribution in [0.2, 0.25) is 5.02 Å². The molecule has 3 aromatic carbocycles. The molecule has 0 fully saturated rings. The molecule has 27 heavy (non-hydrogen) atoms. The van der Waals surface area contributed by atoms with Gasteiger partial charge in [0, 0.05) is 16.1 Å². The second kappa shape index (κ2) is 7.17. The average molecular weight is 377 g/mol. The van der Waals surface area contributed by atoms with Gasteiger partial charge in [-0.05, 0) is 36.4 Å². The quantitative estimate of drug-likeness (QED) is 0.570. The lowest BCUT2D eigenvalue weighted by atomic mass is 10.1. The minimum atomic E-state index is -0.404. The van der Waals surface area contributed by atoms with E-state index in [2.05, 4.69) is 4.99 Å². The fourth-order valence-electron chi connectivity index (χ4n) is 2.87. The van der Waals surface area contributed by atoms with Crippen LogP contribution < -0.4 is 4.90 Å². The summed E-state index contributed by atoms with van der Waals surface area (Å²) in [7, 11) is 0. The van der Waals surface area contributed by atoms with Crippen molar-refractivity contribution in [2.24, 2.45) is 4.99 Å². The van der Waals surface area contributed by atoms with Crippen molar-refractivity contribution in [1.82, 2.24) is 0 Å². The molecule has 5 heteroatoms. The van der Waals surface area contributed by atoms with Crippen LogP contribution in [0.3, 0.4) is 0 Å². The number of hydrogen-bond acceptors (Lipinski definition) is 2. The van der Waals surface area contributed by atoms with E-state index >= 15 is 0 Å². The molecular formula is C22H14ClFN2O. The number of anilines is 1. The Morgan fingerprint density at radius 2 is 1.56 bits per heavy atom. The summed E-state index contributed by atoms with van der Waals surface area (Å²) in [6, 6.07) is 22.6. The number of carbonyl (C=O) groups excluding carboxylic acids is 1. The number of rotatable bonds is 3. The smallest absolute Gasteiger partial charge is 0.266 e. The van der Waals surface area contributed by atoms with Crippen molar-refractivity contribution in [3.63, 3.8) is 0 Å². The molecule has 132 valence electrons. The van der Waals surface area contributed by atoms with Crippen molar-refractivity contribution in [2.45, 2.75) is 0 Å². The second-order valence-electron chi connectivity index (χ2n) is 5.97. The number of halogens is 2. The van der Waals surface area contributed by atoms with Crippen LogP contribution in [0.15, 0.2) is 89.6 Å². The average Bonchev–Trinajstić information content (AvgIpc) is 3.01. The molecule has 0 atom stereocenters. The van der Waals surface area contributed by atoms with E-state index in [0.29, 0.717) is 22.1 Å². The van der Waals surface area contributed by atoms with Crippen molar-refractivity contribution >= 4 is 35.1 Å². The highest BCUT2D eigenvalue weighted by atomic mass is 35.5. The first kappa shape index (κ1) is 17.2. The van der Waals surface area contributed by atoms with Crippen molar-refractivity contribution in [2.75, 3.05) is 4.90 Å². The molecule has 1 aliphatic heterocycles. The molecule has 0 N–H and O–H groups in total. The van der Waals surface area contributed by atoms with Gasteiger partial charge < -0.3 is 0 Å². The molecule has 0 saturated heterocycles. The monoisotopic (exact) mass is 376 g/mol. The highest BCUT2D eigenvalue weighted by molar-refractivity contribution is 6.33. The maximum atomic E-state index is 14.0. The van der Waals surface area contributed by atoms with Crippen LogP contribution in [-0.2, 0) is 4.79 Å². The summed E-state index contributed by atoms with van der Waals surface area (Å²) in [5.41, 5.74) is 1.92. The van der Waals surface area contributed by atoms with Crippen LogP contribution in [0.1, 0.15) is 11.1 Å². The molecule has 3 aromatic rings. The van der Waals surface area contributed by atoms with Crippen LogP contribution >= 0.6 is 11.6 Å². The Morgan fingerprint density at radius 3 is 2.26 bits per heavy atom. The maximum absolute atomic E-state index is 14.0. The van der Waals surface area contributed by atoms with Gasteiger partial charge in [0.25, 0.3) is 5.91 Å². The van der Waals surface area contributed by atoms with E-state index in [4.69, 9.17) is 11.6 Å². The van der Waals surface area contributed by atoms with Crippen LogP contribution in [0, 0.1) is 5.82 Å². The van der Waals surface area contributed by atoms with Crippen molar-refractivity contribution < 1.29 is 9.18 Å². The number of aliphatic imine (C=N–C) groups is 1. The second-order valence-corrected chi connectivity index (χ2v) is 6.41. The Hall–Kier alpha value is -3.24. The van der Waals surface area contributed by atoms with Crippen molar-refractivity contribution in [1.29, 1.82) is 0 Å². The molecule has 0 saturated carbocycles. The number of benzene rings is 3. The summed E-state index contributed by atoms with van der Waals surface area (Å²) < 4.78 is 14.0. The lowest BCUT2D eigenvalue weighted by molar-refractivity contribution is -0.113. The molecule has 0 aromatic heterocycles. The molecule has 0 radical (unpaired) electrons. The minimum absolute atomic E-state index is 0.175. The first-order chi connectivity index (χ1) is 13.1. The fraction of sp³-hybridized carbons (Fsp3) is 0.